The molecule has 0 bridgehead atoms. The van der Waals surface area contributed by atoms with E-state index in [1.807, 2.05) is 30.3 Å². The quantitative estimate of drug-likeness (QED) is 0.549. The number of hydrogen-bond donors (Lipinski definition) is 0. The van der Waals surface area contributed by atoms with Gasteiger partial charge in [-0.15, -0.1) is 0 Å². The van der Waals surface area contributed by atoms with Crippen LogP contribution in [-0.4, -0.2) is 5.97 Å². The third-order valence-electron chi connectivity index (χ3n) is 3.79. The summed E-state index contributed by atoms with van der Waals surface area (Å²) in [5.74, 6) is 0.837. The summed E-state index contributed by atoms with van der Waals surface area (Å²) in [7, 11) is 0. The summed E-state index contributed by atoms with van der Waals surface area (Å²) >= 11 is 0. The maximum atomic E-state index is 12.5. The predicted molar refractivity (Wildman–Crippen MR) is 74.5 cm³/mol. The monoisotopic (exact) mass is 248 g/mol. The maximum Gasteiger partial charge on any atom is 0.317 e. The highest BCUT2D eigenvalue weighted by Gasteiger charge is 2.40. The van der Waals surface area contributed by atoms with E-state index in [2.05, 4.69) is 27.7 Å². The fraction of sp³-hybridized carbons (Fsp3) is 0.562. The maximum absolute atomic E-state index is 12.5. The third kappa shape index (κ3) is 3.12. The fourth-order valence-electron chi connectivity index (χ4n) is 2.50. The van der Waals surface area contributed by atoms with Crippen molar-refractivity contribution in [3.05, 3.63) is 30.3 Å². The van der Waals surface area contributed by atoms with Crippen LogP contribution in [0, 0.1) is 11.3 Å². The molecule has 100 valence electrons. The highest BCUT2D eigenvalue weighted by molar-refractivity contribution is 5.79. The van der Waals surface area contributed by atoms with Crippen molar-refractivity contribution < 1.29 is 9.53 Å². The minimum Gasteiger partial charge on any atom is -0.426 e. The number of rotatable bonds is 6. The zero-order valence-electron chi connectivity index (χ0n) is 11.9. The van der Waals surface area contributed by atoms with Gasteiger partial charge in [0.25, 0.3) is 0 Å². The van der Waals surface area contributed by atoms with Gasteiger partial charge < -0.3 is 4.74 Å². The average Bonchev–Trinajstić information content (AvgIpc) is 2.36. The number of para-hydroxylation sites is 1. The number of esters is 1. The van der Waals surface area contributed by atoms with Crippen molar-refractivity contribution in [3.8, 4) is 5.75 Å². The van der Waals surface area contributed by atoms with Gasteiger partial charge in [-0.25, -0.2) is 0 Å². The Morgan fingerprint density at radius 3 is 2.28 bits per heavy atom. The molecule has 1 rings (SSSR count). The summed E-state index contributed by atoms with van der Waals surface area (Å²) in [6, 6.07) is 9.32. The molecule has 1 unspecified atom stereocenters. The van der Waals surface area contributed by atoms with Crippen LogP contribution in [0.1, 0.15) is 47.0 Å². The van der Waals surface area contributed by atoms with Crippen LogP contribution < -0.4 is 4.74 Å². The van der Waals surface area contributed by atoms with Crippen molar-refractivity contribution in [2.45, 2.75) is 47.0 Å². The van der Waals surface area contributed by atoms with Crippen molar-refractivity contribution in [1.82, 2.24) is 0 Å². The fourth-order valence-corrected chi connectivity index (χ4v) is 2.50. The zero-order chi connectivity index (χ0) is 13.6. The van der Waals surface area contributed by atoms with Crippen molar-refractivity contribution in [1.29, 1.82) is 0 Å². The van der Waals surface area contributed by atoms with Gasteiger partial charge in [0.15, 0.2) is 0 Å². The van der Waals surface area contributed by atoms with Crippen LogP contribution in [0.25, 0.3) is 0 Å². The van der Waals surface area contributed by atoms with E-state index in [9.17, 15) is 4.79 Å². The van der Waals surface area contributed by atoms with Crippen molar-refractivity contribution in [2.24, 2.45) is 11.3 Å². The second-order valence-electron chi connectivity index (χ2n) is 5.12. The molecule has 18 heavy (non-hydrogen) atoms. The average molecular weight is 248 g/mol. The summed E-state index contributed by atoms with van der Waals surface area (Å²) in [5.41, 5.74) is -0.357. The van der Waals surface area contributed by atoms with Gasteiger partial charge in [-0.2, -0.15) is 0 Å². The van der Waals surface area contributed by atoms with E-state index in [1.165, 1.54) is 0 Å². The van der Waals surface area contributed by atoms with E-state index in [1.54, 1.807) is 0 Å². The lowest BCUT2D eigenvalue weighted by Gasteiger charge is -2.34. The lowest BCUT2D eigenvalue weighted by atomic mass is 9.72. The van der Waals surface area contributed by atoms with Crippen LogP contribution in [-0.2, 0) is 4.79 Å². The van der Waals surface area contributed by atoms with Gasteiger partial charge in [-0.05, 0) is 30.9 Å². The lowest BCUT2D eigenvalue weighted by molar-refractivity contribution is -0.149. The van der Waals surface area contributed by atoms with Crippen molar-refractivity contribution in [3.63, 3.8) is 0 Å². The molecule has 0 aliphatic rings. The molecule has 2 heteroatoms. The van der Waals surface area contributed by atoms with Gasteiger partial charge in [0.1, 0.15) is 5.75 Å². The third-order valence-corrected chi connectivity index (χ3v) is 3.79. The minimum absolute atomic E-state index is 0.0898. The van der Waals surface area contributed by atoms with E-state index >= 15 is 0 Å². The number of hydrogen-bond acceptors (Lipinski definition) is 2. The molecular formula is C16H24O2. The van der Waals surface area contributed by atoms with E-state index in [0.717, 1.165) is 19.3 Å². The molecule has 0 spiro atoms. The summed E-state index contributed by atoms with van der Waals surface area (Å²) in [4.78, 5) is 12.5. The highest BCUT2D eigenvalue weighted by atomic mass is 16.5. The zero-order valence-corrected chi connectivity index (χ0v) is 11.9. The SMILES string of the molecule is CCCC(CC)(C(=O)Oc1ccccc1)C(C)C. The van der Waals surface area contributed by atoms with Crippen LogP contribution in [0.4, 0.5) is 0 Å². The molecule has 0 aromatic heterocycles. The molecule has 2 nitrogen and oxygen atoms in total. The minimum atomic E-state index is -0.357. The van der Waals surface area contributed by atoms with Gasteiger partial charge in [-0.3, -0.25) is 4.79 Å². The molecule has 0 fully saturated rings. The Balaban J connectivity index is 2.89. The number of carbonyl (C=O) groups is 1. The first-order valence-electron chi connectivity index (χ1n) is 6.84. The summed E-state index contributed by atoms with van der Waals surface area (Å²) in [6.45, 7) is 8.39. The topological polar surface area (TPSA) is 26.3 Å². The van der Waals surface area contributed by atoms with Crippen LogP contribution in [0.15, 0.2) is 30.3 Å². The number of benzene rings is 1. The molecule has 0 heterocycles. The molecule has 0 aliphatic heterocycles. The summed E-state index contributed by atoms with van der Waals surface area (Å²) in [6.07, 6.45) is 2.70. The lowest BCUT2D eigenvalue weighted by Crippen LogP contribution is -2.39. The van der Waals surface area contributed by atoms with Crippen LogP contribution >= 0.6 is 0 Å². The summed E-state index contributed by atoms with van der Waals surface area (Å²) < 4.78 is 5.55. The molecule has 1 aromatic rings. The first-order chi connectivity index (χ1) is 8.56. The van der Waals surface area contributed by atoms with E-state index in [4.69, 9.17) is 4.74 Å². The second-order valence-corrected chi connectivity index (χ2v) is 5.12. The van der Waals surface area contributed by atoms with Gasteiger partial charge >= 0.3 is 5.97 Å². The number of carbonyl (C=O) groups excluding carboxylic acids is 1. The van der Waals surface area contributed by atoms with Crippen LogP contribution in [0.2, 0.25) is 0 Å². The Hall–Kier alpha value is -1.31. The molecule has 0 radical (unpaired) electrons. The molecule has 0 amide bonds. The molecule has 0 saturated carbocycles. The van der Waals surface area contributed by atoms with Crippen molar-refractivity contribution >= 4 is 5.97 Å². The smallest absolute Gasteiger partial charge is 0.317 e. The largest absolute Gasteiger partial charge is 0.426 e. The first kappa shape index (κ1) is 14.7. The second kappa shape index (κ2) is 6.58. The Bertz CT molecular complexity index is 370. The molecule has 1 atom stereocenters. The Morgan fingerprint density at radius 1 is 1.22 bits per heavy atom. The van der Waals surface area contributed by atoms with Gasteiger partial charge in [-0.1, -0.05) is 52.3 Å². The van der Waals surface area contributed by atoms with E-state index < -0.39 is 0 Å². The molecule has 0 N–H and O–H groups in total. The van der Waals surface area contributed by atoms with Gasteiger partial charge in [0, 0.05) is 0 Å². The van der Waals surface area contributed by atoms with Gasteiger partial charge in [0.2, 0.25) is 0 Å². The normalized spacial score (nSPS) is 14.3. The molecule has 0 aliphatic carbocycles. The van der Waals surface area contributed by atoms with E-state index in [0.29, 0.717) is 11.7 Å². The van der Waals surface area contributed by atoms with Crippen molar-refractivity contribution in [2.75, 3.05) is 0 Å². The predicted octanol–water partition coefficient (Wildman–Crippen LogP) is 4.44. The Kier molecular flexibility index (Phi) is 5.39. The molecular weight excluding hydrogens is 224 g/mol. The summed E-state index contributed by atoms with van der Waals surface area (Å²) in [5, 5.41) is 0. The Morgan fingerprint density at radius 2 is 1.83 bits per heavy atom. The highest BCUT2D eigenvalue weighted by Crippen LogP contribution is 2.38. The number of ether oxygens (including phenoxy) is 1. The molecule has 1 aromatic carbocycles. The van der Waals surface area contributed by atoms with Crippen LogP contribution in [0.3, 0.4) is 0 Å². The standard InChI is InChI=1S/C16H24O2/c1-5-12-16(6-2,13(3)4)15(17)18-14-10-8-7-9-11-14/h7-11,13H,5-6,12H2,1-4H3. The Labute approximate surface area is 110 Å². The first-order valence-corrected chi connectivity index (χ1v) is 6.84. The van der Waals surface area contributed by atoms with Crippen LogP contribution in [0.5, 0.6) is 5.75 Å². The van der Waals surface area contributed by atoms with E-state index in [-0.39, 0.29) is 11.4 Å². The van der Waals surface area contributed by atoms with Gasteiger partial charge in [0.05, 0.1) is 5.41 Å². The molecule has 0 saturated heterocycles.